The highest BCUT2D eigenvalue weighted by molar-refractivity contribution is 5.88. The zero-order chi connectivity index (χ0) is 13.8. The van der Waals surface area contributed by atoms with Crippen molar-refractivity contribution >= 4 is 16.8 Å². The third-order valence-corrected chi connectivity index (χ3v) is 3.80. The molecule has 1 aromatic heterocycles. The predicted molar refractivity (Wildman–Crippen MR) is 79.1 cm³/mol. The molecule has 0 bridgehead atoms. The summed E-state index contributed by atoms with van der Waals surface area (Å²) in [7, 11) is 0. The maximum absolute atomic E-state index is 12.4. The Hall–Kier alpha value is -1.77. The molecule has 0 spiro atoms. The summed E-state index contributed by atoms with van der Waals surface area (Å²) in [6, 6.07) is 8.42. The smallest absolute Gasteiger partial charge is 0.227 e. The summed E-state index contributed by atoms with van der Waals surface area (Å²) in [5, 5.41) is 1.15. The number of H-pyrrole nitrogens is 1. The van der Waals surface area contributed by atoms with Crippen LogP contribution < -0.4 is 0 Å². The van der Waals surface area contributed by atoms with Crippen LogP contribution in [-0.4, -0.2) is 28.4 Å². The first-order chi connectivity index (χ1) is 9.17. The summed E-state index contributed by atoms with van der Waals surface area (Å²) >= 11 is 0. The molecule has 3 nitrogen and oxygen atoms in total. The summed E-state index contributed by atoms with van der Waals surface area (Å²) in [4.78, 5) is 17.6. The average molecular weight is 258 g/mol. The van der Waals surface area contributed by atoms with Crippen molar-refractivity contribution in [2.75, 3.05) is 6.54 Å². The number of carbonyl (C=O) groups excluding carboxylic acids is 1. The molecule has 0 fully saturated rings. The highest BCUT2D eigenvalue weighted by Gasteiger charge is 2.18. The number of hydrogen-bond acceptors (Lipinski definition) is 1. The molecule has 2 aromatic rings. The number of aromatic amines is 1. The number of likely N-dealkylation sites (N-methyl/N-ethyl adjacent to an activating group) is 1. The van der Waals surface area contributed by atoms with E-state index in [0.29, 0.717) is 12.5 Å². The Morgan fingerprint density at radius 1 is 1.32 bits per heavy atom. The largest absolute Gasteiger partial charge is 0.361 e. The summed E-state index contributed by atoms with van der Waals surface area (Å²) in [5.74, 6) is 0.210. The maximum Gasteiger partial charge on any atom is 0.227 e. The molecule has 1 unspecified atom stereocenters. The second-order valence-electron chi connectivity index (χ2n) is 4.97. The molecule has 19 heavy (non-hydrogen) atoms. The molecule has 1 heterocycles. The number of nitrogens with zero attached hydrogens (tertiary/aromatic N) is 1. The van der Waals surface area contributed by atoms with Gasteiger partial charge in [-0.25, -0.2) is 0 Å². The van der Waals surface area contributed by atoms with Gasteiger partial charge in [0.15, 0.2) is 0 Å². The Labute approximate surface area is 114 Å². The van der Waals surface area contributed by atoms with Gasteiger partial charge in [-0.15, -0.1) is 0 Å². The van der Waals surface area contributed by atoms with Crippen molar-refractivity contribution in [2.45, 2.75) is 39.7 Å². The van der Waals surface area contributed by atoms with Gasteiger partial charge in [0.1, 0.15) is 0 Å². The van der Waals surface area contributed by atoms with Gasteiger partial charge in [-0.2, -0.15) is 0 Å². The third-order valence-electron chi connectivity index (χ3n) is 3.80. The molecule has 0 aliphatic rings. The Morgan fingerprint density at radius 2 is 2.05 bits per heavy atom. The number of aromatic nitrogens is 1. The minimum Gasteiger partial charge on any atom is -0.361 e. The molecule has 1 atom stereocenters. The van der Waals surface area contributed by atoms with Crippen molar-refractivity contribution in [2.24, 2.45) is 0 Å². The molecular weight excluding hydrogens is 236 g/mol. The number of nitrogens with one attached hydrogen (secondary N) is 1. The van der Waals surface area contributed by atoms with Crippen LogP contribution in [0.1, 0.15) is 32.8 Å². The molecule has 0 aliphatic heterocycles. The molecule has 102 valence electrons. The zero-order valence-electron chi connectivity index (χ0n) is 11.9. The highest BCUT2D eigenvalue weighted by Crippen LogP contribution is 2.19. The molecule has 1 amide bonds. The van der Waals surface area contributed by atoms with Crippen LogP contribution in [-0.2, 0) is 11.2 Å². The minimum absolute atomic E-state index is 0.210. The first kappa shape index (κ1) is 13.7. The number of hydrogen-bond donors (Lipinski definition) is 1. The topological polar surface area (TPSA) is 36.1 Å². The summed E-state index contributed by atoms with van der Waals surface area (Å²) < 4.78 is 0. The predicted octanol–water partition coefficient (Wildman–Crippen LogP) is 3.36. The second-order valence-corrected chi connectivity index (χ2v) is 4.97. The quantitative estimate of drug-likeness (QED) is 0.877. The zero-order valence-corrected chi connectivity index (χ0v) is 11.9. The fourth-order valence-electron chi connectivity index (χ4n) is 2.50. The average Bonchev–Trinajstić information content (AvgIpc) is 2.83. The third kappa shape index (κ3) is 2.80. The Morgan fingerprint density at radius 3 is 2.74 bits per heavy atom. The van der Waals surface area contributed by atoms with Crippen molar-refractivity contribution in [3.05, 3.63) is 36.0 Å². The van der Waals surface area contributed by atoms with Gasteiger partial charge in [0, 0.05) is 29.7 Å². The van der Waals surface area contributed by atoms with Crippen LogP contribution in [0.4, 0.5) is 0 Å². The standard InChI is InChI=1S/C16H22N2O/c1-4-12(3)18(5-2)16(19)10-13-11-17-15-9-7-6-8-14(13)15/h6-9,11-12,17H,4-5,10H2,1-3H3. The van der Waals surface area contributed by atoms with Gasteiger partial charge in [0.2, 0.25) is 5.91 Å². The Balaban J connectivity index is 2.18. The Bertz CT molecular complexity index is 559. The van der Waals surface area contributed by atoms with Gasteiger partial charge in [-0.05, 0) is 31.9 Å². The van der Waals surface area contributed by atoms with Crippen molar-refractivity contribution in [3.63, 3.8) is 0 Å². The molecule has 0 saturated carbocycles. The van der Waals surface area contributed by atoms with Crippen molar-refractivity contribution < 1.29 is 4.79 Å². The van der Waals surface area contributed by atoms with Gasteiger partial charge in [0.05, 0.1) is 6.42 Å². The number of fused-ring (bicyclic) bond motifs is 1. The SMILES string of the molecule is CCC(C)N(CC)C(=O)Cc1c[nH]c2ccccc12. The molecule has 1 N–H and O–H groups in total. The highest BCUT2D eigenvalue weighted by atomic mass is 16.2. The van der Waals surface area contributed by atoms with E-state index in [4.69, 9.17) is 0 Å². The first-order valence-corrected chi connectivity index (χ1v) is 7.01. The van der Waals surface area contributed by atoms with Gasteiger partial charge in [-0.3, -0.25) is 4.79 Å². The molecule has 3 heteroatoms. The van der Waals surface area contributed by atoms with Crippen LogP contribution in [0.15, 0.2) is 30.5 Å². The summed E-state index contributed by atoms with van der Waals surface area (Å²) in [5.41, 5.74) is 2.18. The number of carbonyl (C=O) groups is 1. The van der Waals surface area contributed by atoms with E-state index in [1.807, 2.05) is 36.2 Å². The number of amides is 1. The van der Waals surface area contributed by atoms with Crippen molar-refractivity contribution in [1.82, 2.24) is 9.88 Å². The van der Waals surface area contributed by atoms with Crippen molar-refractivity contribution in [3.8, 4) is 0 Å². The van der Waals surface area contributed by atoms with Crippen LogP contribution in [0.25, 0.3) is 10.9 Å². The van der Waals surface area contributed by atoms with Crippen LogP contribution in [0.2, 0.25) is 0 Å². The Kier molecular flexibility index (Phi) is 4.25. The molecular formula is C16H22N2O. The van der Waals surface area contributed by atoms with Crippen molar-refractivity contribution in [1.29, 1.82) is 0 Å². The number of para-hydroxylation sites is 1. The lowest BCUT2D eigenvalue weighted by Crippen LogP contribution is -2.39. The van der Waals surface area contributed by atoms with Crippen LogP contribution in [0, 0.1) is 0 Å². The van der Waals surface area contributed by atoms with Crippen LogP contribution >= 0.6 is 0 Å². The van der Waals surface area contributed by atoms with Gasteiger partial charge in [-0.1, -0.05) is 25.1 Å². The van der Waals surface area contributed by atoms with E-state index >= 15 is 0 Å². The lowest BCUT2D eigenvalue weighted by Gasteiger charge is -2.27. The second kappa shape index (κ2) is 5.91. The van der Waals surface area contributed by atoms with Gasteiger partial charge in [0.25, 0.3) is 0 Å². The fraction of sp³-hybridized carbons (Fsp3) is 0.438. The summed E-state index contributed by atoms with van der Waals surface area (Å²) in [6.07, 6.45) is 3.42. The molecule has 0 aliphatic carbocycles. The van der Waals surface area contributed by atoms with E-state index in [0.717, 1.165) is 29.4 Å². The van der Waals surface area contributed by atoms with Gasteiger partial charge < -0.3 is 9.88 Å². The van der Waals surface area contributed by atoms with E-state index < -0.39 is 0 Å². The lowest BCUT2D eigenvalue weighted by atomic mass is 10.1. The van der Waals surface area contributed by atoms with E-state index in [1.54, 1.807) is 0 Å². The number of benzene rings is 1. The maximum atomic E-state index is 12.4. The minimum atomic E-state index is 0.210. The number of rotatable bonds is 5. The van der Waals surface area contributed by atoms with Gasteiger partial charge >= 0.3 is 0 Å². The molecule has 0 radical (unpaired) electrons. The molecule has 1 aromatic carbocycles. The van der Waals surface area contributed by atoms with E-state index in [-0.39, 0.29) is 5.91 Å². The molecule has 0 saturated heterocycles. The fourth-order valence-corrected chi connectivity index (χ4v) is 2.50. The van der Waals surface area contributed by atoms with Crippen LogP contribution in [0.5, 0.6) is 0 Å². The summed E-state index contributed by atoms with van der Waals surface area (Å²) in [6.45, 7) is 7.04. The van der Waals surface area contributed by atoms with E-state index in [1.165, 1.54) is 0 Å². The van der Waals surface area contributed by atoms with Crippen LogP contribution in [0.3, 0.4) is 0 Å². The normalized spacial score (nSPS) is 12.6. The van der Waals surface area contributed by atoms with E-state index in [9.17, 15) is 4.79 Å². The molecule has 2 rings (SSSR count). The lowest BCUT2D eigenvalue weighted by molar-refractivity contribution is -0.132. The monoisotopic (exact) mass is 258 g/mol. The first-order valence-electron chi connectivity index (χ1n) is 7.01. The van der Waals surface area contributed by atoms with E-state index in [2.05, 4.69) is 24.9 Å².